The molecule has 5 heteroatoms. The summed E-state index contributed by atoms with van der Waals surface area (Å²) in [6, 6.07) is 5.89. The van der Waals surface area contributed by atoms with Gasteiger partial charge in [0.15, 0.2) is 0 Å². The number of hydrogen-bond donors (Lipinski definition) is 0. The number of piperidine rings is 1. The summed E-state index contributed by atoms with van der Waals surface area (Å²) >= 11 is 0. The fourth-order valence-electron chi connectivity index (χ4n) is 2.44. The van der Waals surface area contributed by atoms with Crippen LogP contribution in [0.1, 0.15) is 25.5 Å². The minimum atomic E-state index is -3.03. The lowest BCUT2D eigenvalue weighted by molar-refractivity contribution is 0.264. The number of sulfonamides is 1. The predicted octanol–water partition coefficient (Wildman–Crippen LogP) is 1.69. The van der Waals surface area contributed by atoms with E-state index in [4.69, 9.17) is 0 Å². The van der Waals surface area contributed by atoms with Gasteiger partial charge in [0.2, 0.25) is 10.0 Å². The average molecular weight is 268 g/mol. The quantitative estimate of drug-likeness (QED) is 0.835. The summed E-state index contributed by atoms with van der Waals surface area (Å²) in [7, 11) is -3.03. The summed E-state index contributed by atoms with van der Waals surface area (Å²) in [6.45, 7) is 3.03. The van der Waals surface area contributed by atoms with Crippen molar-refractivity contribution in [3.63, 3.8) is 0 Å². The molecule has 1 saturated heterocycles. The molecule has 1 aliphatic heterocycles. The molecule has 4 nitrogen and oxygen atoms in total. The van der Waals surface area contributed by atoms with Crippen LogP contribution >= 0.6 is 0 Å². The molecular formula is C13H20N2O2S. The van der Waals surface area contributed by atoms with Gasteiger partial charge in [-0.2, -0.15) is 0 Å². The molecule has 100 valence electrons. The lowest BCUT2D eigenvalue weighted by atomic mass is 9.94. The van der Waals surface area contributed by atoms with Crippen LogP contribution in [-0.2, 0) is 16.4 Å². The Morgan fingerprint density at radius 1 is 1.44 bits per heavy atom. The van der Waals surface area contributed by atoms with Gasteiger partial charge in [0, 0.05) is 25.0 Å². The summed E-state index contributed by atoms with van der Waals surface area (Å²) in [6.07, 6.45) is 4.71. The van der Waals surface area contributed by atoms with Crippen molar-refractivity contribution in [3.8, 4) is 0 Å². The van der Waals surface area contributed by atoms with Crippen molar-refractivity contribution in [2.45, 2.75) is 26.2 Å². The van der Waals surface area contributed by atoms with Crippen LogP contribution in [0, 0.1) is 5.92 Å². The van der Waals surface area contributed by atoms with Crippen molar-refractivity contribution in [2.75, 3.05) is 18.8 Å². The van der Waals surface area contributed by atoms with E-state index in [2.05, 4.69) is 4.98 Å². The summed E-state index contributed by atoms with van der Waals surface area (Å²) < 4.78 is 25.4. The van der Waals surface area contributed by atoms with Crippen molar-refractivity contribution in [1.29, 1.82) is 0 Å². The zero-order valence-electron chi connectivity index (χ0n) is 10.7. The van der Waals surface area contributed by atoms with E-state index < -0.39 is 10.0 Å². The molecule has 0 radical (unpaired) electrons. The Morgan fingerprint density at radius 3 is 2.94 bits per heavy atom. The summed E-state index contributed by atoms with van der Waals surface area (Å²) in [5, 5.41) is 0. The lowest BCUT2D eigenvalue weighted by Crippen LogP contribution is -2.41. The first-order valence-corrected chi connectivity index (χ1v) is 8.10. The number of nitrogens with zero attached hydrogens (tertiary/aromatic N) is 2. The van der Waals surface area contributed by atoms with Gasteiger partial charge >= 0.3 is 0 Å². The fraction of sp³-hybridized carbons (Fsp3) is 0.615. The van der Waals surface area contributed by atoms with Gasteiger partial charge < -0.3 is 0 Å². The molecule has 0 aromatic carbocycles. The Bertz CT molecular complexity index is 473. The minimum absolute atomic E-state index is 0.198. The molecule has 1 aromatic heterocycles. The van der Waals surface area contributed by atoms with Crippen molar-refractivity contribution in [1.82, 2.24) is 9.29 Å². The van der Waals surface area contributed by atoms with E-state index in [0.29, 0.717) is 19.0 Å². The highest BCUT2D eigenvalue weighted by Crippen LogP contribution is 2.22. The molecule has 18 heavy (non-hydrogen) atoms. The van der Waals surface area contributed by atoms with Gasteiger partial charge in [-0.15, -0.1) is 0 Å². The zero-order valence-corrected chi connectivity index (χ0v) is 11.6. The topological polar surface area (TPSA) is 50.3 Å². The SMILES string of the molecule is CCS(=O)(=O)N1CCC[C@@H](Cc2ccccn2)C1. The van der Waals surface area contributed by atoms with Gasteiger partial charge in [-0.3, -0.25) is 4.98 Å². The third-order valence-corrected chi connectivity index (χ3v) is 5.31. The molecule has 0 bridgehead atoms. The van der Waals surface area contributed by atoms with Crippen molar-refractivity contribution in [3.05, 3.63) is 30.1 Å². The van der Waals surface area contributed by atoms with Crippen LogP contribution in [0.5, 0.6) is 0 Å². The van der Waals surface area contributed by atoms with Crippen LogP contribution in [0.2, 0.25) is 0 Å². The highest BCUT2D eigenvalue weighted by atomic mass is 32.2. The Morgan fingerprint density at radius 2 is 2.28 bits per heavy atom. The molecule has 1 fully saturated rings. The predicted molar refractivity (Wildman–Crippen MR) is 71.7 cm³/mol. The molecule has 0 spiro atoms. The molecule has 2 rings (SSSR count). The smallest absolute Gasteiger partial charge is 0.213 e. The van der Waals surface area contributed by atoms with Gasteiger partial charge in [0.25, 0.3) is 0 Å². The third kappa shape index (κ3) is 3.29. The van der Waals surface area contributed by atoms with E-state index in [9.17, 15) is 8.42 Å². The first-order valence-electron chi connectivity index (χ1n) is 6.49. The van der Waals surface area contributed by atoms with Crippen LogP contribution in [0.15, 0.2) is 24.4 Å². The Labute approximate surface area is 109 Å². The molecule has 0 amide bonds. The zero-order chi connectivity index (χ0) is 13.0. The van der Waals surface area contributed by atoms with E-state index in [-0.39, 0.29) is 5.75 Å². The molecule has 1 aromatic rings. The van der Waals surface area contributed by atoms with Gasteiger partial charge in [-0.25, -0.2) is 12.7 Å². The lowest BCUT2D eigenvalue weighted by Gasteiger charge is -2.31. The van der Waals surface area contributed by atoms with E-state index in [1.54, 1.807) is 17.4 Å². The number of aromatic nitrogens is 1. The van der Waals surface area contributed by atoms with E-state index in [0.717, 1.165) is 25.0 Å². The van der Waals surface area contributed by atoms with Crippen LogP contribution in [-0.4, -0.2) is 36.5 Å². The third-order valence-electron chi connectivity index (χ3n) is 3.46. The number of pyridine rings is 1. The minimum Gasteiger partial charge on any atom is -0.261 e. The number of rotatable bonds is 4. The van der Waals surface area contributed by atoms with Gasteiger partial charge in [-0.1, -0.05) is 6.07 Å². The summed E-state index contributed by atoms with van der Waals surface area (Å²) in [4.78, 5) is 4.31. The molecule has 1 atom stereocenters. The van der Waals surface area contributed by atoms with Crippen LogP contribution in [0.4, 0.5) is 0 Å². The highest BCUT2D eigenvalue weighted by Gasteiger charge is 2.27. The first-order chi connectivity index (χ1) is 8.62. The van der Waals surface area contributed by atoms with Crippen molar-refractivity contribution in [2.24, 2.45) is 5.92 Å². The Balaban J connectivity index is 1.99. The van der Waals surface area contributed by atoms with Gasteiger partial charge in [0.05, 0.1) is 5.75 Å². The van der Waals surface area contributed by atoms with E-state index in [1.165, 1.54) is 0 Å². The second kappa shape index (κ2) is 5.80. The largest absolute Gasteiger partial charge is 0.261 e. The standard InChI is InChI=1S/C13H20N2O2S/c1-2-18(16,17)15-9-5-6-12(11-15)10-13-7-3-4-8-14-13/h3-4,7-8,12H,2,5-6,9-11H2,1H3/t12-/m0/s1. The van der Waals surface area contributed by atoms with E-state index >= 15 is 0 Å². The highest BCUT2D eigenvalue weighted by molar-refractivity contribution is 7.89. The fourth-order valence-corrected chi connectivity index (χ4v) is 3.65. The van der Waals surface area contributed by atoms with Crippen LogP contribution < -0.4 is 0 Å². The van der Waals surface area contributed by atoms with Crippen LogP contribution in [0.25, 0.3) is 0 Å². The van der Waals surface area contributed by atoms with Crippen molar-refractivity contribution < 1.29 is 8.42 Å². The number of hydrogen-bond acceptors (Lipinski definition) is 3. The molecule has 1 aliphatic rings. The Hall–Kier alpha value is -0.940. The van der Waals surface area contributed by atoms with Gasteiger partial charge in [-0.05, 0) is 44.2 Å². The molecule has 0 unspecified atom stereocenters. The summed E-state index contributed by atoms with van der Waals surface area (Å²) in [5.74, 6) is 0.596. The molecule has 0 N–H and O–H groups in total. The van der Waals surface area contributed by atoms with Crippen LogP contribution in [0.3, 0.4) is 0 Å². The van der Waals surface area contributed by atoms with Crippen molar-refractivity contribution >= 4 is 10.0 Å². The first kappa shape index (κ1) is 13.5. The Kier molecular flexibility index (Phi) is 4.35. The normalized spacial score (nSPS) is 21.9. The second-order valence-corrected chi connectivity index (χ2v) is 7.05. The summed E-state index contributed by atoms with van der Waals surface area (Å²) in [5.41, 5.74) is 1.05. The maximum atomic E-state index is 11.9. The van der Waals surface area contributed by atoms with E-state index in [1.807, 2.05) is 18.2 Å². The van der Waals surface area contributed by atoms with Gasteiger partial charge in [0.1, 0.15) is 0 Å². The average Bonchev–Trinajstić information content (AvgIpc) is 2.40. The molecule has 2 heterocycles. The molecule has 0 aliphatic carbocycles. The maximum Gasteiger partial charge on any atom is 0.213 e. The monoisotopic (exact) mass is 268 g/mol. The second-order valence-electron chi connectivity index (χ2n) is 4.79. The molecule has 0 saturated carbocycles. The maximum absolute atomic E-state index is 11.9. The molecular weight excluding hydrogens is 248 g/mol.